The lowest BCUT2D eigenvalue weighted by atomic mass is 10.2. The SMILES string of the molecule is O=C(CSc1nnc(-c2cccs2)n1-c1ccccc1)NCc1ccc(Cl)cc1. The van der Waals surface area contributed by atoms with Gasteiger partial charge in [0, 0.05) is 17.3 Å². The lowest BCUT2D eigenvalue weighted by Gasteiger charge is -2.09. The molecule has 0 saturated heterocycles. The largest absolute Gasteiger partial charge is 0.351 e. The number of aromatic nitrogens is 3. The van der Waals surface area contributed by atoms with Gasteiger partial charge >= 0.3 is 0 Å². The van der Waals surface area contributed by atoms with Crippen LogP contribution in [0.5, 0.6) is 0 Å². The number of halogens is 1. The van der Waals surface area contributed by atoms with E-state index in [4.69, 9.17) is 11.6 Å². The molecule has 0 fully saturated rings. The molecule has 0 aliphatic heterocycles. The summed E-state index contributed by atoms with van der Waals surface area (Å²) in [4.78, 5) is 13.4. The van der Waals surface area contributed by atoms with E-state index in [-0.39, 0.29) is 11.7 Å². The zero-order valence-corrected chi connectivity index (χ0v) is 17.7. The Morgan fingerprint density at radius 2 is 1.83 bits per heavy atom. The zero-order valence-electron chi connectivity index (χ0n) is 15.3. The molecule has 0 aliphatic carbocycles. The van der Waals surface area contributed by atoms with E-state index in [0.29, 0.717) is 16.7 Å². The highest BCUT2D eigenvalue weighted by atomic mass is 35.5. The minimum atomic E-state index is -0.0646. The normalized spacial score (nSPS) is 10.8. The van der Waals surface area contributed by atoms with Crippen LogP contribution in [0.25, 0.3) is 16.4 Å². The van der Waals surface area contributed by atoms with Crippen molar-refractivity contribution < 1.29 is 4.79 Å². The Kier molecular flexibility index (Phi) is 6.29. The molecule has 0 atom stereocenters. The number of thiophene rings is 1. The fraction of sp³-hybridized carbons (Fsp3) is 0.0952. The summed E-state index contributed by atoms with van der Waals surface area (Å²) in [5.74, 6) is 0.962. The zero-order chi connectivity index (χ0) is 20.1. The number of benzene rings is 2. The van der Waals surface area contributed by atoms with Crippen LogP contribution in [-0.4, -0.2) is 26.4 Å². The maximum atomic E-state index is 12.3. The van der Waals surface area contributed by atoms with Crippen molar-refractivity contribution in [3.8, 4) is 16.4 Å². The molecular formula is C21H17ClN4OS2. The second kappa shape index (κ2) is 9.26. The Morgan fingerprint density at radius 3 is 2.55 bits per heavy atom. The van der Waals surface area contributed by atoms with Crippen molar-refractivity contribution in [2.75, 3.05) is 5.75 Å². The third-order valence-corrected chi connectivity index (χ3v) is 6.17. The summed E-state index contributed by atoms with van der Waals surface area (Å²) < 4.78 is 1.99. The lowest BCUT2D eigenvalue weighted by Crippen LogP contribution is -2.24. The summed E-state index contributed by atoms with van der Waals surface area (Å²) >= 11 is 8.87. The second-order valence-corrected chi connectivity index (χ2v) is 8.47. The Morgan fingerprint density at radius 1 is 1.03 bits per heavy atom. The molecule has 29 heavy (non-hydrogen) atoms. The highest BCUT2D eigenvalue weighted by Gasteiger charge is 2.17. The summed E-state index contributed by atoms with van der Waals surface area (Å²) in [6.07, 6.45) is 0. The Hall–Kier alpha value is -2.61. The van der Waals surface area contributed by atoms with E-state index in [1.807, 2.05) is 76.7 Å². The number of rotatable bonds is 7. The molecule has 5 nitrogen and oxygen atoms in total. The van der Waals surface area contributed by atoms with Crippen LogP contribution in [0.1, 0.15) is 5.56 Å². The third-order valence-electron chi connectivity index (χ3n) is 4.12. The van der Waals surface area contributed by atoms with Crippen LogP contribution < -0.4 is 5.32 Å². The van der Waals surface area contributed by atoms with Crippen LogP contribution in [0.3, 0.4) is 0 Å². The van der Waals surface area contributed by atoms with Crippen molar-refractivity contribution in [3.63, 3.8) is 0 Å². The smallest absolute Gasteiger partial charge is 0.230 e. The van der Waals surface area contributed by atoms with Gasteiger partial charge in [0.1, 0.15) is 0 Å². The van der Waals surface area contributed by atoms with E-state index in [1.54, 1.807) is 11.3 Å². The van der Waals surface area contributed by atoms with Gasteiger partial charge in [-0.05, 0) is 41.3 Å². The molecule has 0 unspecified atom stereocenters. The Bertz CT molecular complexity index is 1080. The first kappa shape index (κ1) is 19.7. The van der Waals surface area contributed by atoms with E-state index in [9.17, 15) is 4.79 Å². The van der Waals surface area contributed by atoms with Crippen LogP contribution in [0.2, 0.25) is 5.02 Å². The average Bonchev–Trinajstić information content (AvgIpc) is 3.42. The highest BCUT2D eigenvalue weighted by molar-refractivity contribution is 7.99. The minimum absolute atomic E-state index is 0.0646. The maximum absolute atomic E-state index is 12.3. The van der Waals surface area contributed by atoms with Gasteiger partial charge in [-0.1, -0.05) is 59.8 Å². The fourth-order valence-corrected chi connectivity index (χ4v) is 4.33. The number of nitrogens with one attached hydrogen (secondary N) is 1. The molecule has 0 saturated carbocycles. The van der Waals surface area contributed by atoms with E-state index >= 15 is 0 Å². The fourth-order valence-electron chi connectivity index (χ4n) is 2.72. The summed E-state index contributed by atoms with van der Waals surface area (Å²) in [6.45, 7) is 0.461. The molecule has 146 valence electrons. The van der Waals surface area contributed by atoms with Gasteiger partial charge < -0.3 is 5.32 Å². The van der Waals surface area contributed by atoms with Gasteiger partial charge in [0.05, 0.1) is 10.6 Å². The van der Waals surface area contributed by atoms with Crippen molar-refractivity contribution in [2.24, 2.45) is 0 Å². The first-order valence-electron chi connectivity index (χ1n) is 8.89. The minimum Gasteiger partial charge on any atom is -0.351 e. The van der Waals surface area contributed by atoms with E-state index in [2.05, 4.69) is 15.5 Å². The standard InChI is InChI=1S/C21H17ClN4OS2/c22-16-10-8-15(9-11-16)13-23-19(27)14-29-21-25-24-20(18-7-4-12-28-18)26(21)17-5-2-1-3-6-17/h1-12H,13-14H2,(H,23,27). The number of hydrogen-bond acceptors (Lipinski definition) is 5. The van der Waals surface area contributed by atoms with Crippen molar-refractivity contribution in [1.82, 2.24) is 20.1 Å². The molecule has 2 aromatic heterocycles. The summed E-state index contributed by atoms with van der Waals surface area (Å²) in [6, 6.07) is 21.3. The van der Waals surface area contributed by atoms with Crippen molar-refractivity contribution in [2.45, 2.75) is 11.7 Å². The summed E-state index contributed by atoms with van der Waals surface area (Å²) in [5.41, 5.74) is 1.96. The van der Waals surface area contributed by atoms with Crippen LogP contribution in [0, 0.1) is 0 Å². The molecule has 4 rings (SSSR count). The predicted molar refractivity (Wildman–Crippen MR) is 119 cm³/mol. The molecule has 2 heterocycles. The summed E-state index contributed by atoms with van der Waals surface area (Å²) in [5, 5.41) is 15.0. The maximum Gasteiger partial charge on any atom is 0.230 e. The number of thioether (sulfide) groups is 1. The number of carbonyl (C=O) groups is 1. The molecule has 0 radical (unpaired) electrons. The predicted octanol–water partition coefficient (Wildman–Crippen LogP) is 5.06. The van der Waals surface area contributed by atoms with Gasteiger partial charge in [0.25, 0.3) is 0 Å². The molecule has 0 aliphatic rings. The summed E-state index contributed by atoms with van der Waals surface area (Å²) in [7, 11) is 0. The van der Waals surface area contributed by atoms with Crippen LogP contribution in [0.4, 0.5) is 0 Å². The third kappa shape index (κ3) is 4.87. The second-order valence-electron chi connectivity index (χ2n) is 6.15. The van der Waals surface area contributed by atoms with Gasteiger partial charge in [-0.2, -0.15) is 0 Å². The molecule has 0 spiro atoms. The number of nitrogens with zero attached hydrogens (tertiary/aromatic N) is 3. The van der Waals surface area contributed by atoms with Gasteiger partial charge in [-0.25, -0.2) is 0 Å². The number of amides is 1. The molecule has 1 N–H and O–H groups in total. The van der Waals surface area contributed by atoms with E-state index < -0.39 is 0 Å². The molecule has 8 heteroatoms. The molecule has 4 aromatic rings. The topological polar surface area (TPSA) is 59.8 Å². The monoisotopic (exact) mass is 440 g/mol. The highest BCUT2D eigenvalue weighted by Crippen LogP contribution is 2.30. The Balaban J connectivity index is 1.47. The number of hydrogen-bond donors (Lipinski definition) is 1. The van der Waals surface area contributed by atoms with Crippen molar-refractivity contribution in [3.05, 3.63) is 82.7 Å². The molecule has 1 amide bonds. The van der Waals surface area contributed by atoms with Gasteiger partial charge in [0.2, 0.25) is 5.91 Å². The Labute approximate surface area is 181 Å². The lowest BCUT2D eigenvalue weighted by molar-refractivity contribution is -0.118. The van der Waals surface area contributed by atoms with Crippen molar-refractivity contribution in [1.29, 1.82) is 0 Å². The molecule has 2 aromatic carbocycles. The van der Waals surface area contributed by atoms with Crippen LogP contribution >= 0.6 is 34.7 Å². The quantitative estimate of drug-likeness (QED) is 0.408. The van der Waals surface area contributed by atoms with E-state index in [0.717, 1.165) is 22.0 Å². The van der Waals surface area contributed by atoms with Crippen LogP contribution in [0.15, 0.2) is 77.3 Å². The van der Waals surface area contributed by atoms with Gasteiger partial charge in [-0.15, -0.1) is 21.5 Å². The number of carbonyl (C=O) groups excluding carboxylic acids is 1. The van der Waals surface area contributed by atoms with E-state index in [1.165, 1.54) is 11.8 Å². The average molecular weight is 441 g/mol. The van der Waals surface area contributed by atoms with Crippen LogP contribution in [-0.2, 0) is 11.3 Å². The molecule has 0 bridgehead atoms. The number of para-hydroxylation sites is 1. The first-order valence-corrected chi connectivity index (χ1v) is 11.1. The van der Waals surface area contributed by atoms with Gasteiger partial charge in [-0.3, -0.25) is 9.36 Å². The van der Waals surface area contributed by atoms with Crippen molar-refractivity contribution >= 4 is 40.6 Å². The van der Waals surface area contributed by atoms with Gasteiger partial charge in [0.15, 0.2) is 11.0 Å². The molecular weight excluding hydrogens is 424 g/mol. The first-order chi connectivity index (χ1) is 14.2.